The van der Waals surface area contributed by atoms with Crippen LogP contribution in [0.15, 0.2) is 0 Å². The van der Waals surface area contributed by atoms with Gasteiger partial charge in [0, 0.05) is 52.1 Å². The lowest BCUT2D eigenvalue weighted by molar-refractivity contribution is -0.146. The summed E-state index contributed by atoms with van der Waals surface area (Å²) >= 11 is 0. The average Bonchev–Trinajstić information content (AvgIpc) is 2.74. The van der Waals surface area contributed by atoms with Crippen LogP contribution in [0.3, 0.4) is 0 Å². The van der Waals surface area contributed by atoms with Crippen LogP contribution in [-0.4, -0.2) is 141 Å². The van der Waals surface area contributed by atoms with Gasteiger partial charge in [0.25, 0.3) is 0 Å². The van der Waals surface area contributed by atoms with Crippen molar-refractivity contribution in [1.29, 1.82) is 0 Å². The second-order valence-electron chi connectivity index (χ2n) is 7.84. The fourth-order valence-corrected chi connectivity index (χ4v) is 3.27. The molecule has 0 amide bonds. The van der Waals surface area contributed by atoms with E-state index in [0.717, 1.165) is 0 Å². The third kappa shape index (κ3) is 16.3. The summed E-state index contributed by atoms with van der Waals surface area (Å²) in [5.41, 5.74) is 0. The van der Waals surface area contributed by atoms with Crippen LogP contribution in [0, 0.1) is 0 Å². The SMILES string of the molecule is O=C(O)CCC(NCCN(CCN(CCNCC(=O)O)CC(=O)O)C(CCC(=O)O)C(=O)O)C(=O)O. The summed E-state index contributed by atoms with van der Waals surface area (Å²) in [5.74, 6) is -7.25. The molecule has 2 atom stereocenters. The number of carbonyl (C=O) groups is 6. The van der Waals surface area contributed by atoms with Gasteiger partial charge in [0.1, 0.15) is 12.1 Å². The Hall–Kier alpha value is -3.34. The Morgan fingerprint density at radius 2 is 1.25 bits per heavy atom. The average molecular weight is 523 g/mol. The van der Waals surface area contributed by atoms with Crippen molar-refractivity contribution in [2.75, 3.05) is 52.4 Å². The van der Waals surface area contributed by atoms with E-state index in [-0.39, 0.29) is 58.7 Å². The third-order valence-corrected chi connectivity index (χ3v) is 5.04. The zero-order chi connectivity index (χ0) is 27.7. The molecule has 16 nitrogen and oxygen atoms in total. The van der Waals surface area contributed by atoms with Gasteiger partial charge in [-0.3, -0.25) is 38.6 Å². The number of aliphatic carboxylic acids is 6. The number of hydrogen-bond donors (Lipinski definition) is 8. The van der Waals surface area contributed by atoms with Gasteiger partial charge >= 0.3 is 35.8 Å². The van der Waals surface area contributed by atoms with Gasteiger partial charge in [-0.25, -0.2) is 0 Å². The smallest absolute Gasteiger partial charge is 0.320 e. The minimum absolute atomic E-state index is 0.0165. The van der Waals surface area contributed by atoms with E-state index in [4.69, 9.17) is 20.4 Å². The number of rotatable bonds is 23. The van der Waals surface area contributed by atoms with Gasteiger partial charge in [-0.2, -0.15) is 0 Å². The van der Waals surface area contributed by atoms with E-state index in [2.05, 4.69) is 10.6 Å². The summed E-state index contributed by atoms with van der Waals surface area (Å²) < 4.78 is 0. The Balaban J connectivity index is 5.34. The summed E-state index contributed by atoms with van der Waals surface area (Å²) in [6.45, 7) is -0.554. The van der Waals surface area contributed by atoms with Crippen molar-refractivity contribution in [2.24, 2.45) is 0 Å². The molecule has 0 heterocycles. The van der Waals surface area contributed by atoms with Crippen molar-refractivity contribution < 1.29 is 59.4 Å². The van der Waals surface area contributed by atoms with E-state index in [9.17, 15) is 39.0 Å². The van der Waals surface area contributed by atoms with E-state index in [1.165, 1.54) is 9.80 Å². The quantitative estimate of drug-likeness (QED) is 0.0649. The second kappa shape index (κ2) is 18.0. The van der Waals surface area contributed by atoms with Crippen LogP contribution >= 0.6 is 0 Å². The number of nitrogens with zero attached hydrogens (tertiary/aromatic N) is 2. The number of carboxylic acids is 6. The van der Waals surface area contributed by atoms with Crippen LogP contribution in [0.4, 0.5) is 0 Å². The summed E-state index contributed by atoms with van der Waals surface area (Å²) in [6.07, 6.45) is -1.31. The van der Waals surface area contributed by atoms with Crippen molar-refractivity contribution in [3.63, 3.8) is 0 Å². The molecule has 206 valence electrons. The molecule has 16 heteroatoms. The van der Waals surface area contributed by atoms with Crippen molar-refractivity contribution in [2.45, 2.75) is 37.8 Å². The summed E-state index contributed by atoms with van der Waals surface area (Å²) in [4.78, 5) is 69.5. The molecule has 0 aliphatic carbocycles. The van der Waals surface area contributed by atoms with E-state index in [0.29, 0.717) is 0 Å². The van der Waals surface area contributed by atoms with Crippen LogP contribution in [0.25, 0.3) is 0 Å². The topological polar surface area (TPSA) is 254 Å². The molecule has 0 saturated carbocycles. The molecule has 8 N–H and O–H groups in total. The Morgan fingerprint density at radius 1 is 0.639 bits per heavy atom. The molecule has 0 aliphatic rings. The Labute approximate surface area is 206 Å². The maximum Gasteiger partial charge on any atom is 0.320 e. The molecule has 0 saturated heterocycles. The van der Waals surface area contributed by atoms with Crippen molar-refractivity contribution in [3.8, 4) is 0 Å². The molecule has 0 spiro atoms. The Morgan fingerprint density at radius 3 is 1.75 bits per heavy atom. The monoisotopic (exact) mass is 522 g/mol. The van der Waals surface area contributed by atoms with Gasteiger partial charge in [0.2, 0.25) is 0 Å². The normalized spacial score (nSPS) is 12.8. The van der Waals surface area contributed by atoms with Crippen molar-refractivity contribution in [1.82, 2.24) is 20.4 Å². The van der Waals surface area contributed by atoms with Gasteiger partial charge in [-0.1, -0.05) is 0 Å². The Bertz CT molecular complexity index is 763. The van der Waals surface area contributed by atoms with E-state index >= 15 is 0 Å². The zero-order valence-electron chi connectivity index (χ0n) is 19.7. The predicted octanol–water partition coefficient (Wildman–Crippen LogP) is -2.43. The van der Waals surface area contributed by atoms with Crippen molar-refractivity contribution >= 4 is 35.8 Å². The highest BCUT2D eigenvalue weighted by molar-refractivity contribution is 5.75. The van der Waals surface area contributed by atoms with E-state index < -0.39 is 67.3 Å². The largest absolute Gasteiger partial charge is 0.481 e. The highest BCUT2D eigenvalue weighted by Gasteiger charge is 2.27. The highest BCUT2D eigenvalue weighted by atomic mass is 16.4. The number of nitrogens with one attached hydrogen (secondary N) is 2. The lowest BCUT2D eigenvalue weighted by Gasteiger charge is -2.31. The molecule has 0 bridgehead atoms. The molecule has 36 heavy (non-hydrogen) atoms. The van der Waals surface area contributed by atoms with Gasteiger partial charge in [0.15, 0.2) is 0 Å². The molecular weight excluding hydrogens is 488 g/mol. The van der Waals surface area contributed by atoms with Crippen LogP contribution in [0.1, 0.15) is 25.7 Å². The predicted molar refractivity (Wildman–Crippen MR) is 121 cm³/mol. The summed E-state index contributed by atoms with van der Waals surface area (Å²) in [5, 5.41) is 59.7. The van der Waals surface area contributed by atoms with Crippen LogP contribution in [0.2, 0.25) is 0 Å². The molecule has 0 aromatic heterocycles. The van der Waals surface area contributed by atoms with Crippen LogP contribution in [0.5, 0.6) is 0 Å². The summed E-state index contributed by atoms with van der Waals surface area (Å²) in [6, 6.07) is -2.46. The van der Waals surface area contributed by atoms with Gasteiger partial charge < -0.3 is 41.3 Å². The fourth-order valence-electron chi connectivity index (χ4n) is 3.27. The molecule has 0 aliphatic heterocycles. The lowest BCUT2D eigenvalue weighted by Crippen LogP contribution is -2.50. The standard InChI is InChI=1S/C20H34N4O12/c25-15(26)3-1-13(19(33)34)22-6-8-24(14(20(35)36)2-4-16(27)28)10-9-23(12-18(31)32)7-5-21-11-17(29)30/h13-14,21-22H,1-12H2,(H,25,26)(H,27,28)(H,29,30)(H,31,32)(H,33,34)(H,35,36). The number of carboxylic acid groups (broad SMARTS) is 6. The number of hydrogen-bond acceptors (Lipinski definition) is 10. The third-order valence-electron chi connectivity index (χ3n) is 5.04. The highest BCUT2D eigenvalue weighted by Crippen LogP contribution is 2.09. The first kappa shape index (κ1) is 32.7. The van der Waals surface area contributed by atoms with Gasteiger partial charge in [0.05, 0.1) is 13.1 Å². The fraction of sp³-hybridized carbons (Fsp3) is 0.700. The molecule has 0 aromatic rings. The molecular formula is C20H34N4O12. The van der Waals surface area contributed by atoms with E-state index in [1.807, 2.05) is 0 Å². The lowest BCUT2D eigenvalue weighted by atomic mass is 10.1. The molecule has 0 radical (unpaired) electrons. The van der Waals surface area contributed by atoms with Crippen LogP contribution in [-0.2, 0) is 28.8 Å². The molecule has 0 aromatic carbocycles. The van der Waals surface area contributed by atoms with Gasteiger partial charge in [-0.05, 0) is 12.8 Å². The van der Waals surface area contributed by atoms with Crippen molar-refractivity contribution in [3.05, 3.63) is 0 Å². The first-order valence-corrected chi connectivity index (χ1v) is 11.1. The molecule has 0 fully saturated rings. The Kier molecular flexibility index (Phi) is 16.3. The maximum absolute atomic E-state index is 11.8. The summed E-state index contributed by atoms with van der Waals surface area (Å²) in [7, 11) is 0. The van der Waals surface area contributed by atoms with Crippen LogP contribution < -0.4 is 10.6 Å². The minimum Gasteiger partial charge on any atom is -0.481 e. The first-order valence-electron chi connectivity index (χ1n) is 11.1. The minimum atomic E-state index is -1.31. The zero-order valence-corrected chi connectivity index (χ0v) is 19.7. The second-order valence-corrected chi connectivity index (χ2v) is 7.84. The molecule has 2 unspecified atom stereocenters. The maximum atomic E-state index is 11.8. The molecule has 0 rings (SSSR count). The van der Waals surface area contributed by atoms with Gasteiger partial charge in [-0.15, -0.1) is 0 Å². The van der Waals surface area contributed by atoms with E-state index in [1.54, 1.807) is 0 Å². The first-order chi connectivity index (χ1) is 16.8.